The normalized spacial score (nSPS) is 14.7. The third-order valence-electron chi connectivity index (χ3n) is 18.3. The van der Waals surface area contributed by atoms with Crippen LogP contribution < -0.4 is 0 Å². The van der Waals surface area contributed by atoms with Crippen molar-refractivity contribution in [3.63, 3.8) is 0 Å². The zero-order valence-corrected chi connectivity index (χ0v) is 44.6. The molecule has 12 aromatic rings. The molecule has 0 bridgehead atoms. The van der Waals surface area contributed by atoms with Gasteiger partial charge in [0.2, 0.25) is 0 Å². The van der Waals surface area contributed by atoms with Gasteiger partial charge in [0.15, 0.2) is 0 Å². The lowest BCUT2D eigenvalue weighted by atomic mass is 9.79. The summed E-state index contributed by atoms with van der Waals surface area (Å²) in [6, 6.07) is 91.8. The smallest absolute Gasteiger partial charge is 0.0159 e. The van der Waals surface area contributed by atoms with Gasteiger partial charge in [-0.15, -0.1) is 0 Å². The Bertz CT molecular complexity index is 4180. The van der Waals surface area contributed by atoms with Crippen LogP contribution in [0.3, 0.4) is 0 Å². The summed E-state index contributed by atoms with van der Waals surface area (Å²) in [5.41, 5.74) is 31.0. The first-order chi connectivity index (χ1) is 37.4. The van der Waals surface area contributed by atoms with Crippen molar-refractivity contribution in [1.82, 2.24) is 0 Å². The maximum Gasteiger partial charge on any atom is 0.0159 e. The second-order valence-electron chi connectivity index (χ2n) is 23.6. The van der Waals surface area contributed by atoms with Crippen molar-refractivity contribution in [2.45, 2.75) is 57.8 Å². The van der Waals surface area contributed by atoms with Crippen LogP contribution in [0.15, 0.2) is 243 Å². The van der Waals surface area contributed by atoms with Crippen LogP contribution in [0.25, 0.3) is 122 Å². The van der Waals surface area contributed by atoms with Crippen LogP contribution in [0, 0.1) is 0 Å². The maximum absolute atomic E-state index is 2.48. The quantitative estimate of drug-likeness (QED) is 0.156. The van der Waals surface area contributed by atoms with E-state index in [1.165, 1.54) is 155 Å². The van der Waals surface area contributed by atoms with Crippen molar-refractivity contribution in [2.24, 2.45) is 0 Å². The number of hydrogen-bond acceptors (Lipinski definition) is 0. The predicted octanol–water partition coefficient (Wildman–Crippen LogP) is 20.9. The Balaban J connectivity index is 0.722. The summed E-state index contributed by atoms with van der Waals surface area (Å²) in [7, 11) is 0. The molecule has 0 aliphatic heterocycles. The first-order valence-electron chi connectivity index (χ1n) is 27.5. The topological polar surface area (TPSA) is 0 Å². The van der Waals surface area contributed by atoms with Gasteiger partial charge in [-0.1, -0.05) is 248 Å². The molecule has 0 aromatic heterocycles. The second-order valence-corrected chi connectivity index (χ2v) is 23.6. The summed E-state index contributed by atoms with van der Waals surface area (Å²) < 4.78 is 0. The summed E-state index contributed by atoms with van der Waals surface area (Å²) in [6.07, 6.45) is 0. The van der Waals surface area contributed by atoms with Gasteiger partial charge in [-0.25, -0.2) is 0 Å². The summed E-state index contributed by atoms with van der Waals surface area (Å²) in [5, 5.41) is 5.09. The standard InChI is InChI=1S/C77H58/c1-75(2)69-41-49(51-31-37-65-67-39-33-53(45-73(67)76(3,4)71(65)43-51)57-23-11-13-25-59(57)61-27-15-19-47-17-7-9-21-55(47)61)29-35-63(69)64-36-30-50(42-70(64)75)52-32-38-66-68-40-34-54(46-74(68)77(5,6)72(66)44-52)58-24-12-14-26-60(58)62-28-16-20-48-18-8-10-22-56(48)62/h7-46H,1-6H3. The molecule has 0 saturated carbocycles. The molecule has 77 heavy (non-hydrogen) atoms. The van der Waals surface area contributed by atoms with Gasteiger partial charge >= 0.3 is 0 Å². The lowest BCUT2D eigenvalue weighted by Crippen LogP contribution is -2.16. The summed E-state index contributed by atoms with van der Waals surface area (Å²) in [4.78, 5) is 0. The van der Waals surface area contributed by atoms with Crippen LogP contribution >= 0.6 is 0 Å². The Kier molecular flexibility index (Phi) is 9.81. The van der Waals surface area contributed by atoms with Crippen molar-refractivity contribution in [3.05, 3.63) is 276 Å². The van der Waals surface area contributed by atoms with Gasteiger partial charge in [0.05, 0.1) is 0 Å². The van der Waals surface area contributed by atoms with Crippen molar-refractivity contribution < 1.29 is 0 Å². The summed E-state index contributed by atoms with van der Waals surface area (Å²) >= 11 is 0. The van der Waals surface area contributed by atoms with Crippen molar-refractivity contribution in [2.75, 3.05) is 0 Å². The molecule has 15 rings (SSSR count). The minimum Gasteiger partial charge on any atom is -0.0616 e. The molecule has 3 aliphatic carbocycles. The lowest BCUT2D eigenvalue weighted by molar-refractivity contribution is 0.659. The van der Waals surface area contributed by atoms with Crippen LogP contribution in [0.5, 0.6) is 0 Å². The van der Waals surface area contributed by atoms with E-state index in [-0.39, 0.29) is 16.2 Å². The van der Waals surface area contributed by atoms with Crippen LogP contribution in [0.2, 0.25) is 0 Å². The van der Waals surface area contributed by atoms with Gasteiger partial charge in [0.25, 0.3) is 0 Å². The Morgan fingerprint density at radius 2 is 0.416 bits per heavy atom. The molecule has 0 heteroatoms. The second kappa shape index (κ2) is 16.6. The molecule has 0 nitrogen and oxygen atoms in total. The fourth-order valence-corrected chi connectivity index (χ4v) is 14.1. The Morgan fingerprint density at radius 3 is 0.740 bits per heavy atom. The zero-order valence-electron chi connectivity index (χ0n) is 44.6. The molecule has 0 N–H and O–H groups in total. The molecule has 0 spiro atoms. The molecule has 0 radical (unpaired) electrons. The summed E-state index contributed by atoms with van der Waals surface area (Å²) in [6.45, 7) is 14.5. The number of fused-ring (bicyclic) bond motifs is 11. The minimum absolute atomic E-state index is 0.170. The number of benzene rings is 12. The average molecular weight is 983 g/mol. The first-order valence-corrected chi connectivity index (χ1v) is 27.5. The van der Waals surface area contributed by atoms with Crippen LogP contribution in [0.1, 0.15) is 74.9 Å². The molecule has 12 aromatic carbocycles. The molecule has 0 amide bonds. The van der Waals surface area contributed by atoms with Gasteiger partial charge < -0.3 is 0 Å². The highest BCUT2D eigenvalue weighted by Gasteiger charge is 2.39. The molecular formula is C77H58. The fraction of sp³-hybridized carbons (Fsp3) is 0.117. The largest absolute Gasteiger partial charge is 0.0616 e. The van der Waals surface area contributed by atoms with E-state index in [1.807, 2.05) is 0 Å². The molecule has 0 saturated heterocycles. The number of rotatable bonds is 6. The molecule has 0 fully saturated rings. The average Bonchev–Trinajstić information content (AvgIpc) is 4.17. The third-order valence-corrected chi connectivity index (χ3v) is 18.3. The van der Waals surface area contributed by atoms with Crippen LogP contribution in [-0.4, -0.2) is 0 Å². The van der Waals surface area contributed by atoms with Gasteiger partial charge in [-0.3, -0.25) is 0 Å². The van der Waals surface area contributed by atoms with Crippen molar-refractivity contribution in [1.29, 1.82) is 0 Å². The van der Waals surface area contributed by atoms with E-state index in [4.69, 9.17) is 0 Å². The van der Waals surface area contributed by atoms with Crippen LogP contribution in [-0.2, 0) is 16.2 Å². The monoisotopic (exact) mass is 982 g/mol. The van der Waals surface area contributed by atoms with Crippen molar-refractivity contribution in [3.8, 4) is 100 Å². The van der Waals surface area contributed by atoms with Crippen LogP contribution in [0.4, 0.5) is 0 Å². The van der Waals surface area contributed by atoms with Crippen molar-refractivity contribution >= 4 is 21.5 Å². The lowest BCUT2D eigenvalue weighted by Gasteiger charge is -2.24. The fourth-order valence-electron chi connectivity index (χ4n) is 14.1. The minimum atomic E-state index is -0.174. The molecule has 0 unspecified atom stereocenters. The molecular weight excluding hydrogens is 925 g/mol. The van der Waals surface area contributed by atoms with Gasteiger partial charge in [-0.2, -0.15) is 0 Å². The SMILES string of the molecule is CC1(C)c2cc(-c3ccc4c(c3)C(C)(C)c3cc(-c5ccccc5-c5cccc6ccccc56)ccc3-4)ccc2-c2ccc(-c3ccc4c(c3)C(C)(C)c3cc(-c5ccccc5-c5cccc6ccccc56)ccc3-4)cc21. The van der Waals surface area contributed by atoms with E-state index in [0.717, 1.165) is 0 Å². The van der Waals surface area contributed by atoms with E-state index < -0.39 is 0 Å². The van der Waals surface area contributed by atoms with Gasteiger partial charge in [0.1, 0.15) is 0 Å². The molecule has 366 valence electrons. The van der Waals surface area contributed by atoms with E-state index in [1.54, 1.807) is 0 Å². The van der Waals surface area contributed by atoms with E-state index in [0.29, 0.717) is 0 Å². The van der Waals surface area contributed by atoms with E-state index >= 15 is 0 Å². The highest BCUT2D eigenvalue weighted by molar-refractivity contribution is 6.03. The zero-order chi connectivity index (χ0) is 52.0. The highest BCUT2D eigenvalue weighted by atomic mass is 14.4. The Morgan fingerprint density at radius 1 is 0.182 bits per heavy atom. The third kappa shape index (κ3) is 6.77. The molecule has 0 heterocycles. The summed E-state index contributed by atoms with van der Waals surface area (Å²) in [5.74, 6) is 0. The maximum atomic E-state index is 2.48. The Labute approximate surface area is 453 Å². The van der Waals surface area contributed by atoms with Gasteiger partial charge in [0, 0.05) is 16.2 Å². The Hall–Kier alpha value is -8.84. The first kappa shape index (κ1) is 45.5. The van der Waals surface area contributed by atoms with E-state index in [9.17, 15) is 0 Å². The molecule has 3 aliphatic rings. The number of hydrogen-bond donors (Lipinski definition) is 0. The molecule has 0 atom stereocenters. The predicted molar refractivity (Wildman–Crippen MR) is 327 cm³/mol. The van der Waals surface area contributed by atoms with E-state index in [2.05, 4.69) is 284 Å². The van der Waals surface area contributed by atoms with Gasteiger partial charge in [-0.05, 0) is 191 Å². The highest BCUT2D eigenvalue weighted by Crippen LogP contribution is 2.55.